The molecule has 0 amide bonds. The zero-order valence-corrected chi connectivity index (χ0v) is 34.2. The van der Waals surface area contributed by atoms with Gasteiger partial charge in [-0.2, -0.15) is 0 Å². The Morgan fingerprint density at radius 1 is 0.311 bits per heavy atom. The molecule has 1 nitrogen and oxygen atoms in total. The highest BCUT2D eigenvalue weighted by atomic mass is 32.1. The van der Waals surface area contributed by atoms with Crippen LogP contribution in [0.5, 0.6) is 0 Å². The van der Waals surface area contributed by atoms with Crippen molar-refractivity contribution in [1.29, 1.82) is 0 Å². The topological polar surface area (TPSA) is 3.24 Å². The van der Waals surface area contributed by atoms with Crippen molar-refractivity contribution in [2.24, 2.45) is 0 Å². The molecule has 2 heteroatoms. The van der Waals surface area contributed by atoms with Crippen LogP contribution in [0.15, 0.2) is 237 Å². The van der Waals surface area contributed by atoms with Gasteiger partial charge in [0.15, 0.2) is 0 Å². The molecular weight excluding hydrogens is 755 g/mol. The first kappa shape index (κ1) is 35.4. The van der Waals surface area contributed by atoms with Gasteiger partial charge in [0.2, 0.25) is 0 Å². The van der Waals surface area contributed by atoms with E-state index in [4.69, 9.17) is 0 Å². The fourth-order valence-electron chi connectivity index (χ4n) is 9.93. The predicted octanol–water partition coefficient (Wildman–Crippen LogP) is 16.4. The normalized spacial score (nSPS) is 12.7. The third-order valence-corrected chi connectivity index (χ3v) is 13.9. The van der Waals surface area contributed by atoms with Gasteiger partial charge in [-0.3, -0.25) is 0 Å². The standard InChI is InChI=1S/C59H39NS/c1-3-14-40(15-4-1)42-26-27-44-37-50(34-30-43(44)36-42)60(48-32-28-41(29-33-48)45-31-35-58-54(38-45)53-22-9-12-25-57(53)61-58)49-19-13-18-47(39-49)59(46-16-5-2-6-17-46)55-23-10-7-20-51(55)52-21-8-11-24-56(52)59/h1-39H. The first-order valence-electron chi connectivity index (χ1n) is 21.0. The van der Waals surface area contributed by atoms with Gasteiger partial charge in [-0.1, -0.05) is 176 Å². The lowest BCUT2D eigenvalue weighted by Crippen LogP contribution is -2.28. The molecule has 0 spiro atoms. The van der Waals surface area contributed by atoms with Gasteiger partial charge in [0, 0.05) is 37.2 Å². The van der Waals surface area contributed by atoms with Crippen molar-refractivity contribution in [2.45, 2.75) is 5.41 Å². The Labute approximate surface area is 360 Å². The van der Waals surface area contributed by atoms with Crippen molar-refractivity contribution >= 4 is 59.3 Å². The smallest absolute Gasteiger partial charge is 0.0714 e. The van der Waals surface area contributed by atoms with Crippen molar-refractivity contribution in [3.63, 3.8) is 0 Å². The summed E-state index contributed by atoms with van der Waals surface area (Å²) < 4.78 is 2.65. The third kappa shape index (κ3) is 5.75. The fraction of sp³-hybridized carbons (Fsp3) is 0.0169. The molecule has 61 heavy (non-hydrogen) atoms. The van der Waals surface area contributed by atoms with Crippen LogP contribution < -0.4 is 4.90 Å². The van der Waals surface area contributed by atoms with E-state index in [9.17, 15) is 0 Å². The molecule has 0 saturated heterocycles. The average molecular weight is 794 g/mol. The number of fused-ring (bicyclic) bond motifs is 7. The largest absolute Gasteiger partial charge is 0.310 e. The molecule has 1 aliphatic rings. The lowest BCUT2D eigenvalue weighted by Gasteiger charge is -2.35. The van der Waals surface area contributed by atoms with Gasteiger partial charge in [-0.05, 0) is 127 Å². The maximum atomic E-state index is 2.43. The zero-order chi connectivity index (χ0) is 40.3. The second-order valence-electron chi connectivity index (χ2n) is 16.1. The summed E-state index contributed by atoms with van der Waals surface area (Å²) in [6.45, 7) is 0. The first-order chi connectivity index (χ1) is 30.2. The molecule has 0 unspecified atom stereocenters. The maximum Gasteiger partial charge on any atom is 0.0714 e. The Kier molecular flexibility index (Phi) is 8.33. The van der Waals surface area contributed by atoms with Crippen LogP contribution in [0.1, 0.15) is 22.3 Å². The third-order valence-electron chi connectivity index (χ3n) is 12.7. The quantitative estimate of drug-likeness (QED) is 0.155. The highest BCUT2D eigenvalue weighted by molar-refractivity contribution is 7.25. The second kappa shape index (κ2) is 14.3. The van der Waals surface area contributed by atoms with Crippen molar-refractivity contribution in [1.82, 2.24) is 0 Å². The minimum absolute atomic E-state index is 0.498. The Morgan fingerprint density at radius 3 is 1.64 bits per heavy atom. The predicted molar refractivity (Wildman–Crippen MR) is 260 cm³/mol. The second-order valence-corrected chi connectivity index (χ2v) is 17.1. The molecule has 0 aliphatic heterocycles. The van der Waals surface area contributed by atoms with Gasteiger partial charge >= 0.3 is 0 Å². The molecule has 12 rings (SSSR count). The fourth-order valence-corrected chi connectivity index (χ4v) is 11.0. The van der Waals surface area contributed by atoms with Gasteiger partial charge in [0.25, 0.3) is 0 Å². The highest BCUT2D eigenvalue weighted by Crippen LogP contribution is 2.56. The van der Waals surface area contributed by atoms with Crippen LogP contribution in [0, 0.1) is 0 Å². The molecular formula is C59H39NS. The van der Waals surface area contributed by atoms with Crippen LogP contribution in [-0.4, -0.2) is 0 Å². The first-order valence-corrected chi connectivity index (χ1v) is 21.8. The summed E-state index contributed by atoms with van der Waals surface area (Å²) in [7, 11) is 0. The Hall–Kier alpha value is -7.52. The summed E-state index contributed by atoms with van der Waals surface area (Å²) in [5.74, 6) is 0. The monoisotopic (exact) mass is 793 g/mol. The van der Waals surface area contributed by atoms with Crippen molar-refractivity contribution in [2.75, 3.05) is 4.90 Å². The molecule has 286 valence electrons. The summed E-state index contributed by atoms with van der Waals surface area (Å²) in [6.07, 6.45) is 0. The Morgan fingerprint density at radius 2 is 0.852 bits per heavy atom. The van der Waals surface area contributed by atoms with Crippen molar-refractivity contribution in [3.8, 4) is 33.4 Å². The highest BCUT2D eigenvalue weighted by Gasteiger charge is 2.46. The molecule has 1 aromatic heterocycles. The van der Waals surface area contributed by atoms with Crippen LogP contribution in [0.3, 0.4) is 0 Å². The maximum absolute atomic E-state index is 2.43. The van der Waals surface area contributed by atoms with Gasteiger partial charge in [0.1, 0.15) is 0 Å². The molecule has 0 radical (unpaired) electrons. The van der Waals surface area contributed by atoms with E-state index in [2.05, 4.69) is 241 Å². The van der Waals surface area contributed by atoms with E-state index in [0.717, 1.165) is 17.1 Å². The van der Waals surface area contributed by atoms with Crippen LogP contribution in [0.2, 0.25) is 0 Å². The van der Waals surface area contributed by atoms with E-state index in [-0.39, 0.29) is 0 Å². The average Bonchev–Trinajstić information content (AvgIpc) is 3.86. The number of anilines is 3. The lowest BCUT2D eigenvalue weighted by molar-refractivity contribution is 0.768. The minimum Gasteiger partial charge on any atom is -0.310 e. The van der Waals surface area contributed by atoms with Gasteiger partial charge < -0.3 is 4.90 Å². The molecule has 0 bridgehead atoms. The summed E-state index contributed by atoms with van der Waals surface area (Å²) in [4.78, 5) is 2.43. The minimum atomic E-state index is -0.498. The molecule has 0 saturated carbocycles. The van der Waals surface area contributed by atoms with E-state index < -0.39 is 5.41 Å². The number of hydrogen-bond acceptors (Lipinski definition) is 2. The van der Waals surface area contributed by atoms with Crippen molar-refractivity contribution in [3.05, 3.63) is 259 Å². The number of rotatable bonds is 7. The Bertz CT molecular complexity index is 3370. The number of hydrogen-bond donors (Lipinski definition) is 0. The SMILES string of the molecule is c1ccc(-c2ccc3cc(N(c4ccc(-c5ccc6sc7ccccc7c6c5)cc4)c4cccc(C5(c6ccccc6)c6ccccc6-c6ccccc65)c4)ccc3c2)cc1. The van der Waals surface area contributed by atoms with Crippen LogP contribution in [0.25, 0.3) is 64.3 Å². The molecule has 1 heterocycles. The van der Waals surface area contributed by atoms with E-state index in [0.29, 0.717) is 0 Å². The summed E-state index contributed by atoms with van der Waals surface area (Å²) in [5.41, 5.74) is 15.4. The molecule has 0 N–H and O–H groups in total. The number of benzene rings is 10. The zero-order valence-electron chi connectivity index (χ0n) is 33.4. The molecule has 10 aromatic carbocycles. The number of nitrogens with zero attached hydrogens (tertiary/aromatic N) is 1. The molecule has 0 fully saturated rings. The summed E-state index contributed by atoms with van der Waals surface area (Å²) in [5, 5.41) is 5.05. The molecule has 1 aliphatic carbocycles. The Balaban J connectivity index is 1.03. The summed E-state index contributed by atoms with van der Waals surface area (Å²) >= 11 is 1.86. The van der Waals surface area contributed by atoms with E-state index in [1.165, 1.54) is 86.6 Å². The van der Waals surface area contributed by atoms with Crippen LogP contribution in [0.4, 0.5) is 17.1 Å². The lowest BCUT2D eigenvalue weighted by atomic mass is 9.67. The van der Waals surface area contributed by atoms with E-state index in [1.54, 1.807) is 0 Å². The van der Waals surface area contributed by atoms with Gasteiger partial charge in [-0.25, -0.2) is 0 Å². The van der Waals surface area contributed by atoms with Gasteiger partial charge in [-0.15, -0.1) is 11.3 Å². The van der Waals surface area contributed by atoms with Crippen molar-refractivity contribution < 1.29 is 0 Å². The summed E-state index contributed by atoms with van der Waals surface area (Å²) in [6, 6.07) is 87.4. The number of thiophene rings is 1. The van der Waals surface area contributed by atoms with Crippen LogP contribution >= 0.6 is 11.3 Å². The van der Waals surface area contributed by atoms with E-state index in [1.807, 2.05) is 11.3 Å². The van der Waals surface area contributed by atoms with Gasteiger partial charge in [0.05, 0.1) is 5.41 Å². The van der Waals surface area contributed by atoms with E-state index >= 15 is 0 Å². The molecule has 11 aromatic rings. The molecule has 0 atom stereocenters. The van der Waals surface area contributed by atoms with Crippen LogP contribution in [-0.2, 0) is 5.41 Å².